The molecule has 2 N–H and O–H groups in total. The molecule has 0 fully saturated rings. The molecule has 238 valence electrons. The topological polar surface area (TPSA) is 117 Å². The van der Waals surface area contributed by atoms with Crippen molar-refractivity contribution in [3.8, 4) is 5.75 Å². The molecule has 9 heteroatoms. The Labute approximate surface area is 262 Å². The number of carboxylic acid groups (broad SMARTS) is 1. The summed E-state index contributed by atoms with van der Waals surface area (Å²) in [5.74, 6) is -0.838. The Morgan fingerprint density at radius 3 is 2.27 bits per heavy atom. The Bertz CT molecular complexity index is 1510. The fourth-order valence-electron chi connectivity index (χ4n) is 6.30. The van der Waals surface area contributed by atoms with E-state index >= 15 is 0 Å². The van der Waals surface area contributed by atoms with Crippen LogP contribution in [-0.4, -0.2) is 55.5 Å². The Kier molecular flexibility index (Phi) is 11.1. The molecule has 0 saturated carbocycles. The molecule has 1 aliphatic rings. The summed E-state index contributed by atoms with van der Waals surface area (Å²) >= 11 is 0. The van der Waals surface area contributed by atoms with Gasteiger partial charge in [0.1, 0.15) is 12.4 Å². The third-order valence-corrected chi connectivity index (χ3v) is 10.7. The molecule has 1 aromatic heterocycles. The highest BCUT2D eigenvalue weighted by molar-refractivity contribution is 7.91. The summed E-state index contributed by atoms with van der Waals surface area (Å²) in [7, 11) is 0.183. The van der Waals surface area contributed by atoms with Crippen LogP contribution < -0.4 is 9.64 Å². The van der Waals surface area contributed by atoms with Crippen LogP contribution in [0.5, 0.6) is 5.75 Å². The van der Waals surface area contributed by atoms with Crippen molar-refractivity contribution >= 4 is 21.5 Å². The van der Waals surface area contributed by atoms with Gasteiger partial charge < -0.3 is 19.8 Å². The third-order valence-electron chi connectivity index (χ3n) is 8.74. The number of anilines is 1. The van der Waals surface area contributed by atoms with Crippen LogP contribution in [0.25, 0.3) is 0 Å². The van der Waals surface area contributed by atoms with E-state index in [9.17, 15) is 18.3 Å². The Hall–Kier alpha value is -3.43. The van der Waals surface area contributed by atoms with E-state index in [1.165, 1.54) is 0 Å². The van der Waals surface area contributed by atoms with Crippen LogP contribution in [0.3, 0.4) is 0 Å². The number of aliphatic hydroxyl groups is 1. The molecular formula is C35H46N2O6S. The molecule has 4 rings (SSSR count). The lowest BCUT2D eigenvalue weighted by Crippen LogP contribution is -2.43. The number of unbranched alkanes of at least 4 members (excludes halogenated alkanes) is 2. The summed E-state index contributed by atoms with van der Waals surface area (Å²) < 4.78 is 34.1. The number of aliphatic carboxylic acids is 1. The van der Waals surface area contributed by atoms with E-state index in [4.69, 9.17) is 9.84 Å². The molecule has 0 saturated heterocycles. The van der Waals surface area contributed by atoms with Crippen LogP contribution >= 0.6 is 0 Å². The quantitative estimate of drug-likeness (QED) is 0.212. The summed E-state index contributed by atoms with van der Waals surface area (Å²) in [5.41, 5.74) is 2.98. The van der Waals surface area contributed by atoms with Gasteiger partial charge in [0.15, 0.2) is 9.84 Å². The predicted molar refractivity (Wildman–Crippen MR) is 173 cm³/mol. The third kappa shape index (κ3) is 7.80. The number of aliphatic hydroxyl groups excluding tert-OH is 1. The maximum Gasteiger partial charge on any atom is 0.303 e. The van der Waals surface area contributed by atoms with Gasteiger partial charge in [-0.1, -0.05) is 57.7 Å². The lowest BCUT2D eigenvalue weighted by molar-refractivity contribution is -0.136. The zero-order chi connectivity index (χ0) is 31.9. The second-order valence-corrected chi connectivity index (χ2v) is 14.2. The molecule has 1 aliphatic heterocycles. The SMILES string of the molecule is CCCCC1(CCCC)CS(=O)(=O)c2ccc(N(C)C)cc2[C@@H](c2ccc(OCc3cccc(CCC(=O)O)n3)cc2)[C@H]1O. The molecule has 2 aromatic carbocycles. The summed E-state index contributed by atoms with van der Waals surface area (Å²) in [6, 6.07) is 18.5. The van der Waals surface area contributed by atoms with Gasteiger partial charge in [-0.25, -0.2) is 8.42 Å². The molecule has 2 heterocycles. The molecule has 44 heavy (non-hydrogen) atoms. The van der Waals surface area contributed by atoms with E-state index in [1.54, 1.807) is 12.1 Å². The van der Waals surface area contributed by atoms with Crippen LogP contribution in [0.2, 0.25) is 0 Å². The number of rotatable bonds is 14. The molecule has 0 aliphatic carbocycles. The van der Waals surface area contributed by atoms with Crippen LogP contribution in [0, 0.1) is 5.41 Å². The number of aromatic nitrogens is 1. The molecule has 0 bridgehead atoms. The van der Waals surface area contributed by atoms with Gasteiger partial charge in [-0.2, -0.15) is 0 Å². The van der Waals surface area contributed by atoms with E-state index in [0.717, 1.165) is 36.9 Å². The van der Waals surface area contributed by atoms with E-state index < -0.39 is 33.2 Å². The van der Waals surface area contributed by atoms with Gasteiger partial charge in [-0.3, -0.25) is 9.78 Å². The van der Waals surface area contributed by atoms with Gasteiger partial charge in [0, 0.05) is 43.2 Å². The number of pyridine rings is 1. The molecule has 0 radical (unpaired) electrons. The van der Waals surface area contributed by atoms with Crippen molar-refractivity contribution in [1.82, 2.24) is 4.98 Å². The van der Waals surface area contributed by atoms with Gasteiger partial charge in [-0.05, 0) is 66.4 Å². The van der Waals surface area contributed by atoms with Gasteiger partial charge in [0.2, 0.25) is 0 Å². The number of carboxylic acids is 1. The number of ether oxygens (including phenoxy) is 1. The highest BCUT2D eigenvalue weighted by Gasteiger charge is 2.49. The highest BCUT2D eigenvalue weighted by Crippen LogP contribution is 2.50. The standard InChI is InChI=1S/C35H46N2O6S/c1-5-7-20-35(21-8-6-2)24-44(41,42)31-18-15-28(37(3)4)22-30(31)33(34(35)40)25-12-16-29(17-13-25)43-23-27-11-9-10-26(36-27)14-19-32(38)39/h9-13,15-18,22,33-34,40H,5-8,14,19-21,23-24H2,1-4H3,(H,38,39)/t33-,34-/m1/s1. The molecule has 0 spiro atoms. The molecule has 2 atom stereocenters. The molecule has 8 nitrogen and oxygen atoms in total. The minimum atomic E-state index is -3.67. The smallest absolute Gasteiger partial charge is 0.303 e. The molecule has 0 amide bonds. The van der Waals surface area contributed by atoms with Gasteiger partial charge in [-0.15, -0.1) is 0 Å². The first-order valence-electron chi connectivity index (χ1n) is 15.6. The number of sulfone groups is 1. The van der Waals surface area contributed by atoms with Crippen molar-refractivity contribution in [3.05, 3.63) is 83.2 Å². The Morgan fingerprint density at radius 2 is 1.66 bits per heavy atom. The average Bonchev–Trinajstić information content (AvgIpc) is 3.07. The zero-order valence-corrected chi connectivity index (χ0v) is 27.1. The van der Waals surface area contributed by atoms with Gasteiger partial charge >= 0.3 is 5.97 Å². The van der Waals surface area contributed by atoms with E-state index in [-0.39, 0.29) is 18.8 Å². The van der Waals surface area contributed by atoms with Crippen molar-refractivity contribution in [2.24, 2.45) is 5.41 Å². The summed E-state index contributed by atoms with van der Waals surface area (Å²) in [6.45, 7) is 4.42. The second kappa shape index (κ2) is 14.6. The maximum absolute atomic E-state index is 14.0. The highest BCUT2D eigenvalue weighted by atomic mass is 32.2. The monoisotopic (exact) mass is 622 g/mol. The number of hydrogen-bond donors (Lipinski definition) is 2. The summed E-state index contributed by atoms with van der Waals surface area (Å²) in [4.78, 5) is 17.7. The van der Waals surface area contributed by atoms with E-state index in [0.29, 0.717) is 46.9 Å². The van der Waals surface area contributed by atoms with Crippen LogP contribution in [0.1, 0.15) is 87.2 Å². The lowest BCUT2D eigenvalue weighted by Gasteiger charge is -2.40. The number of carbonyl (C=O) groups is 1. The van der Waals surface area contributed by atoms with Crippen molar-refractivity contribution in [2.45, 2.75) is 88.7 Å². The van der Waals surface area contributed by atoms with Crippen LogP contribution in [0.4, 0.5) is 5.69 Å². The van der Waals surface area contributed by atoms with Crippen molar-refractivity contribution in [2.75, 3.05) is 24.7 Å². The van der Waals surface area contributed by atoms with Crippen molar-refractivity contribution in [1.29, 1.82) is 0 Å². The number of nitrogens with zero attached hydrogens (tertiary/aromatic N) is 2. The first-order chi connectivity index (χ1) is 21.0. The van der Waals surface area contributed by atoms with Gasteiger partial charge in [0.05, 0.1) is 28.9 Å². The van der Waals surface area contributed by atoms with E-state index in [2.05, 4.69) is 18.8 Å². The second-order valence-electron chi connectivity index (χ2n) is 12.2. The maximum atomic E-state index is 14.0. The Morgan fingerprint density at radius 1 is 1.00 bits per heavy atom. The molecular weight excluding hydrogens is 576 g/mol. The number of benzene rings is 2. The molecule has 0 unspecified atom stereocenters. The average molecular weight is 623 g/mol. The van der Waals surface area contributed by atoms with Crippen molar-refractivity contribution < 1.29 is 28.2 Å². The summed E-state index contributed by atoms with van der Waals surface area (Å²) in [6.07, 6.45) is 4.32. The van der Waals surface area contributed by atoms with E-state index in [1.807, 2.05) is 67.5 Å². The minimum absolute atomic E-state index is 0.0183. The van der Waals surface area contributed by atoms with Gasteiger partial charge in [0.25, 0.3) is 0 Å². The largest absolute Gasteiger partial charge is 0.487 e. The number of fused-ring (bicyclic) bond motifs is 1. The zero-order valence-electron chi connectivity index (χ0n) is 26.3. The number of aryl methyl sites for hydroxylation is 1. The summed E-state index contributed by atoms with van der Waals surface area (Å²) in [5, 5.41) is 21.3. The molecule has 3 aromatic rings. The first kappa shape index (κ1) is 33.5. The Balaban J connectivity index is 1.70. The minimum Gasteiger partial charge on any atom is -0.487 e. The van der Waals surface area contributed by atoms with Crippen molar-refractivity contribution in [3.63, 3.8) is 0 Å². The fraction of sp³-hybridized carbons (Fsp3) is 0.486. The fourth-order valence-corrected chi connectivity index (χ4v) is 8.49. The normalized spacial score (nSPS) is 18.7. The lowest BCUT2D eigenvalue weighted by atomic mass is 9.68. The van der Waals surface area contributed by atoms with Crippen LogP contribution in [0.15, 0.2) is 65.6 Å². The first-order valence-corrected chi connectivity index (χ1v) is 17.3. The van der Waals surface area contributed by atoms with Crippen LogP contribution in [-0.2, 0) is 27.7 Å². The predicted octanol–water partition coefficient (Wildman–Crippen LogP) is 6.39. The number of hydrogen-bond acceptors (Lipinski definition) is 7.